The largest absolute Gasteiger partial charge is 0.489 e. The van der Waals surface area contributed by atoms with Gasteiger partial charge >= 0.3 is 0 Å². The lowest BCUT2D eigenvalue weighted by Crippen LogP contribution is -2.08. The van der Waals surface area contributed by atoms with Gasteiger partial charge in [0.25, 0.3) is 0 Å². The molecule has 1 atom stereocenters. The molecule has 2 nitrogen and oxygen atoms in total. The van der Waals surface area contributed by atoms with Crippen LogP contribution in [-0.4, -0.2) is 0 Å². The minimum absolute atomic E-state index is 0.157. The zero-order chi connectivity index (χ0) is 14.7. The number of hydrogen-bond acceptors (Lipinski definition) is 2. The molecule has 0 amide bonds. The number of halogens is 2. The molecule has 20 heavy (non-hydrogen) atoms. The van der Waals surface area contributed by atoms with Gasteiger partial charge in [0, 0.05) is 11.6 Å². The minimum atomic E-state index is -0.872. The Hall–Kier alpha value is -1.94. The molecule has 0 saturated heterocycles. The number of ether oxygens (including phenoxy) is 1. The number of nitrogens with two attached hydrogens (primary N) is 1. The maximum atomic E-state index is 13.1. The van der Waals surface area contributed by atoms with Crippen LogP contribution in [0.25, 0.3) is 0 Å². The Kier molecular flexibility index (Phi) is 4.35. The highest BCUT2D eigenvalue weighted by atomic mass is 19.2. The average molecular weight is 277 g/mol. The Labute approximate surface area is 117 Å². The van der Waals surface area contributed by atoms with E-state index in [1.54, 1.807) is 0 Å². The lowest BCUT2D eigenvalue weighted by Gasteiger charge is -2.15. The van der Waals surface area contributed by atoms with E-state index in [4.69, 9.17) is 10.5 Å². The van der Waals surface area contributed by atoms with Crippen molar-refractivity contribution in [3.05, 3.63) is 64.7 Å². The van der Waals surface area contributed by atoms with Gasteiger partial charge in [-0.1, -0.05) is 18.2 Å². The first-order valence-electron chi connectivity index (χ1n) is 6.40. The average Bonchev–Trinajstić information content (AvgIpc) is 2.40. The Morgan fingerprint density at radius 3 is 2.50 bits per heavy atom. The van der Waals surface area contributed by atoms with Crippen molar-refractivity contribution in [3.8, 4) is 5.75 Å². The minimum Gasteiger partial charge on any atom is -0.489 e. The van der Waals surface area contributed by atoms with Crippen LogP contribution in [0.15, 0.2) is 36.4 Å². The lowest BCUT2D eigenvalue weighted by molar-refractivity contribution is 0.300. The van der Waals surface area contributed by atoms with Crippen molar-refractivity contribution in [2.45, 2.75) is 26.5 Å². The quantitative estimate of drug-likeness (QED) is 0.920. The standard InChI is InChI=1S/C16H17F2NO/c1-10-3-5-13(11(2)19)16(7-10)20-9-12-4-6-14(17)15(18)8-12/h3-8,11H,9,19H2,1-2H3. The van der Waals surface area contributed by atoms with Crippen LogP contribution in [0, 0.1) is 18.6 Å². The number of hydrogen-bond donors (Lipinski definition) is 1. The molecule has 0 aromatic heterocycles. The van der Waals surface area contributed by atoms with E-state index in [2.05, 4.69) is 0 Å². The molecular formula is C16H17F2NO. The molecule has 0 saturated carbocycles. The maximum Gasteiger partial charge on any atom is 0.159 e. The molecule has 0 radical (unpaired) electrons. The monoisotopic (exact) mass is 277 g/mol. The summed E-state index contributed by atoms with van der Waals surface area (Å²) in [6.07, 6.45) is 0. The highest BCUT2D eigenvalue weighted by molar-refractivity contribution is 5.39. The Bertz CT molecular complexity index is 611. The predicted octanol–water partition coefficient (Wildman–Crippen LogP) is 3.87. The van der Waals surface area contributed by atoms with E-state index in [0.29, 0.717) is 11.3 Å². The zero-order valence-electron chi connectivity index (χ0n) is 11.5. The third-order valence-corrected chi connectivity index (χ3v) is 3.04. The second-order valence-corrected chi connectivity index (χ2v) is 4.87. The van der Waals surface area contributed by atoms with E-state index in [1.807, 2.05) is 32.0 Å². The predicted molar refractivity (Wildman–Crippen MR) is 74.5 cm³/mol. The summed E-state index contributed by atoms with van der Waals surface area (Å²) in [5.74, 6) is -1.06. The summed E-state index contributed by atoms with van der Waals surface area (Å²) in [6.45, 7) is 3.99. The fourth-order valence-corrected chi connectivity index (χ4v) is 1.93. The van der Waals surface area contributed by atoms with Gasteiger partial charge in [0.15, 0.2) is 11.6 Å². The van der Waals surface area contributed by atoms with Crippen LogP contribution >= 0.6 is 0 Å². The maximum absolute atomic E-state index is 13.1. The molecule has 0 fully saturated rings. The van der Waals surface area contributed by atoms with E-state index < -0.39 is 11.6 Å². The lowest BCUT2D eigenvalue weighted by atomic mass is 10.1. The van der Waals surface area contributed by atoms with Gasteiger partial charge in [-0.05, 0) is 43.2 Å². The second kappa shape index (κ2) is 6.01. The van der Waals surface area contributed by atoms with Crippen molar-refractivity contribution in [1.82, 2.24) is 0 Å². The summed E-state index contributed by atoms with van der Waals surface area (Å²) in [5.41, 5.74) is 8.40. The summed E-state index contributed by atoms with van der Waals surface area (Å²) in [4.78, 5) is 0. The topological polar surface area (TPSA) is 35.2 Å². The highest BCUT2D eigenvalue weighted by Crippen LogP contribution is 2.26. The van der Waals surface area contributed by atoms with E-state index in [-0.39, 0.29) is 12.6 Å². The smallest absolute Gasteiger partial charge is 0.159 e. The normalized spacial score (nSPS) is 12.2. The second-order valence-electron chi connectivity index (χ2n) is 4.87. The van der Waals surface area contributed by atoms with Crippen molar-refractivity contribution >= 4 is 0 Å². The first-order valence-corrected chi connectivity index (χ1v) is 6.40. The molecule has 1 unspecified atom stereocenters. The van der Waals surface area contributed by atoms with Crippen LogP contribution in [0.4, 0.5) is 8.78 Å². The molecule has 0 aliphatic carbocycles. The molecule has 0 aliphatic heterocycles. The van der Waals surface area contributed by atoms with Gasteiger partial charge in [0.2, 0.25) is 0 Å². The molecule has 2 aromatic carbocycles. The third-order valence-electron chi connectivity index (χ3n) is 3.04. The van der Waals surface area contributed by atoms with Gasteiger partial charge in [-0.15, -0.1) is 0 Å². The summed E-state index contributed by atoms with van der Waals surface area (Å²) >= 11 is 0. The molecule has 2 N–H and O–H groups in total. The van der Waals surface area contributed by atoms with Crippen molar-refractivity contribution in [2.75, 3.05) is 0 Å². The molecule has 0 aliphatic rings. The van der Waals surface area contributed by atoms with E-state index in [0.717, 1.165) is 23.3 Å². The van der Waals surface area contributed by atoms with Crippen molar-refractivity contribution in [3.63, 3.8) is 0 Å². The summed E-state index contributed by atoms with van der Waals surface area (Å²) in [6, 6.07) is 9.34. The Morgan fingerprint density at radius 1 is 1.10 bits per heavy atom. The third kappa shape index (κ3) is 3.33. The molecular weight excluding hydrogens is 260 g/mol. The summed E-state index contributed by atoms with van der Waals surface area (Å²) in [5, 5.41) is 0. The summed E-state index contributed by atoms with van der Waals surface area (Å²) in [7, 11) is 0. The van der Waals surface area contributed by atoms with Crippen LogP contribution in [-0.2, 0) is 6.61 Å². The van der Waals surface area contributed by atoms with Gasteiger partial charge in [0.1, 0.15) is 12.4 Å². The Morgan fingerprint density at radius 2 is 1.85 bits per heavy atom. The van der Waals surface area contributed by atoms with Crippen LogP contribution in [0.2, 0.25) is 0 Å². The van der Waals surface area contributed by atoms with Crippen LogP contribution in [0.3, 0.4) is 0 Å². The van der Waals surface area contributed by atoms with Gasteiger partial charge in [-0.2, -0.15) is 0 Å². The highest BCUT2D eigenvalue weighted by Gasteiger charge is 2.09. The van der Waals surface area contributed by atoms with Gasteiger partial charge in [-0.25, -0.2) is 8.78 Å². The van der Waals surface area contributed by atoms with Gasteiger partial charge in [-0.3, -0.25) is 0 Å². The van der Waals surface area contributed by atoms with Crippen LogP contribution < -0.4 is 10.5 Å². The van der Waals surface area contributed by atoms with Crippen LogP contribution in [0.5, 0.6) is 5.75 Å². The first-order chi connectivity index (χ1) is 9.47. The molecule has 2 rings (SSSR count). The van der Waals surface area contributed by atoms with Gasteiger partial charge in [0.05, 0.1) is 0 Å². The molecule has 2 aromatic rings. The zero-order valence-corrected chi connectivity index (χ0v) is 11.5. The molecule has 4 heteroatoms. The van der Waals surface area contributed by atoms with Crippen molar-refractivity contribution < 1.29 is 13.5 Å². The first kappa shape index (κ1) is 14.5. The fourth-order valence-electron chi connectivity index (χ4n) is 1.93. The van der Waals surface area contributed by atoms with Crippen molar-refractivity contribution in [1.29, 1.82) is 0 Å². The molecule has 0 spiro atoms. The molecule has 0 heterocycles. The number of benzene rings is 2. The fraction of sp³-hybridized carbons (Fsp3) is 0.250. The van der Waals surface area contributed by atoms with Crippen molar-refractivity contribution in [2.24, 2.45) is 5.73 Å². The number of rotatable bonds is 4. The molecule has 0 bridgehead atoms. The SMILES string of the molecule is Cc1ccc(C(C)N)c(OCc2ccc(F)c(F)c2)c1. The Balaban J connectivity index is 2.17. The summed E-state index contributed by atoms with van der Waals surface area (Å²) < 4.78 is 31.7. The van der Waals surface area contributed by atoms with Crippen LogP contribution in [0.1, 0.15) is 29.7 Å². The van der Waals surface area contributed by atoms with E-state index in [1.165, 1.54) is 6.07 Å². The van der Waals surface area contributed by atoms with E-state index >= 15 is 0 Å². The molecule has 106 valence electrons. The van der Waals surface area contributed by atoms with E-state index in [9.17, 15) is 8.78 Å². The van der Waals surface area contributed by atoms with Gasteiger partial charge < -0.3 is 10.5 Å². The number of aryl methyl sites for hydroxylation is 1.